The van der Waals surface area contributed by atoms with Gasteiger partial charge in [-0.3, -0.25) is 19.4 Å². The van der Waals surface area contributed by atoms with Crippen LogP contribution in [0.4, 0.5) is 0 Å². The van der Waals surface area contributed by atoms with E-state index in [1.807, 2.05) is 29.8 Å². The van der Waals surface area contributed by atoms with E-state index < -0.39 is 5.97 Å². The van der Waals surface area contributed by atoms with Crippen molar-refractivity contribution in [3.05, 3.63) is 64.6 Å². The van der Waals surface area contributed by atoms with E-state index in [2.05, 4.69) is 45.3 Å². The summed E-state index contributed by atoms with van der Waals surface area (Å²) in [5.41, 5.74) is 1.60. The monoisotopic (exact) mass is 442 g/mol. The quantitative estimate of drug-likeness (QED) is 0.501. The van der Waals surface area contributed by atoms with Gasteiger partial charge in [0.25, 0.3) is 5.91 Å². The molecule has 0 saturated carbocycles. The number of hydrogen-bond acceptors (Lipinski definition) is 7. The Labute approximate surface area is 187 Å². The number of nitrogens with one attached hydrogen (secondary N) is 1. The van der Waals surface area contributed by atoms with Crippen molar-refractivity contribution in [2.75, 3.05) is 33.3 Å². The van der Waals surface area contributed by atoms with Gasteiger partial charge in [-0.25, -0.2) is 4.98 Å². The molecular weight excluding hydrogens is 412 g/mol. The second-order valence-electron chi connectivity index (χ2n) is 7.79. The summed E-state index contributed by atoms with van der Waals surface area (Å²) in [6.07, 6.45) is 3.80. The third kappa shape index (κ3) is 5.58. The molecule has 2 aromatic rings. The van der Waals surface area contributed by atoms with Crippen molar-refractivity contribution >= 4 is 23.2 Å². The minimum absolute atomic E-state index is 0.0236. The summed E-state index contributed by atoms with van der Waals surface area (Å²) < 4.78 is 4.56. The number of benzene rings is 1. The van der Waals surface area contributed by atoms with E-state index >= 15 is 0 Å². The van der Waals surface area contributed by atoms with E-state index in [9.17, 15) is 9.59 Å². The number of thiazole rings is 1. The minimum atomic E-state index is -0.479. The van der Waals surface area contributed by atoms with Crippen LogP contribution in [0, 0.1) is 0 Å². The lowest BCUT2D eigenvalue weighted by Gasteiger charge is -2.46. The molecule has 1 aromatic heterocycles. The van der Waals surface area contributed by atoms with E-state index in [1.165, 1.54) is 7.11 Å². The van der Waals surface area contributed by atoms with Crippen LogP contribution in [0.25, 0.3) is 0 Å². The molecule has 31 heavy (non-hydrogen) atoms. The van der Waals surface area contributed by atoms with Crippen molar-refractivity contribution in [3.8, 4) is 0 Å². The molecule has 1 fully saturated rings. The van der Waals surface area contributed by atoms with Gasteiger partial charge in [0, 0.05) is 48.9 Å². The van der Waals surface area contributed by atoms with Crippen LogP contribution in [0.15, 0.2) is 48.5 Å². The fourth-order valence-electron chi connectivity index (χ4n) is 3.99. The van der Waals surface area contributed by atoms with Crippen molar-refractivity contribution in [1.29, 1.82) is 0 Å². The molecule has 0 bridgehead atoms. The molecule has 3 atom stereocenters. The Morgan fingerprint density at radius 3 is 2.65 bits per heavy atom. The molecule has 2 heterocycles. The lowest BCUT2D eigenvalue weighted by atomic mass is 9.98. The normalized spacial score (nSPS) is 20.7. The maximum atomic E-state index is 12.3. The van der Waals surface area contributed by atoms with Gasteiger partial charge in [-0.2, -0.15) is 0 Å². The van der Waals surface area contributed by atoms with E-state index in [-0.39, 0.29) is 18.5 Å². The number of rotatable bonds is 8. The van der Waals surface area contributed by atoms with Crippen LogP contribution >= 0.6 is 11.3 Å². The number of carbonyl (C=O) groups excluding carboxylic acids is 2. The van der Waals surface area contributed by atoms with Gasteiger partial charge in [-0.15, -0.1) is 17.9 Å². The van der Waals surface area contributed by atoms with Crippen LogP contribution < -0.4 is 5.32 Å². The minimum Gasteiger partial charge on any atom is -0.468 e. The van der Waals surface area contributed by atoms with Gasteiger partial charge < -0.3 is 10.1 Å². The fraction of sp³-hybridized carbons (Fsp3) is 0.435. The topological polar surface area (TPSA) is 74.8 Å². The van der Waals surface area contributed by atoms with Gasteiger partial charge >= 0.3 is 5.97 Å². The first-order valence-electron chi connectivity index (χ1n) is 10.4. The Hall–Kier alpha value is -2.55. The molecule has 1 amide bonds. The predicted molar refractivity (Wildman–Crippen MR) is 122 cm³/mol. The number of methoxy groups -OCH3 is 1. The molecule has 0 unspecified atom stereocenters. The second-order valence-corrected chi connectivity index (χ2v) is 8.72. The summed E-state index contributed by atoms with van der Waals surface area (Å²) in [5.74, 6) is -0.782. The summed E-state index contributed by atoms with van der Waals surface area (Å²) in [6.45, 7) is 11.0. The Morgan fingerprint density at radius 1 is 1.29 bits per heavy atom. The predicted octanol–water partition coefficient (Wildman–Crippen LogP) is 2.72. The van der Waals surface area contributed by atoms with Crippen LogP contribution in [-0.2, 0) is 9.53 Å². The van der Waals surface area contributed by atoms with Crippen molar-refractivity contribution in [2.45, 2.75) is 32.0 Å². The molecule has 3 rings (SSSR count). The summed E-state index contributed by atoms with van der Waals surface area (Å²) in [4.78, 5) is 33.1. The van der Waals surface area contributed by atoms with Gasteiger partial charge in [-0.05, 0) is 31.5 Å². The highest BCUT2D eigenvalue weighted by Crippen LogP contribution is 2.34. The molecule has 1 aliphatic rings. The molecule has 1 aliphatic heterocycles. The Kier molecular flexibility index (Phi) is 7.95. The van der Waals surface area contributed by atoms with Crippen LogP contribution in [0.3, 0.4) is 0 Å². The number of hydrogen-bond donors (Lipinski definition) is 1. The first-order valence-corrected chi connectivity index (χ1v) is 11.3. The molecule has 0 aliphatic carbocycles. The molecule has 1 N–H and O–H groups in total. The first-order chi connectivity index (χ1) is 14.9. The fourth-order valence-corrected chi connectivity index (χ4v) is 4.78. The lowest BCUT2D eigenvalue weighted by molar-refractivity contribution is -0.139. The number of nitrogens with zero attached hydrogens (tertiary/aromatic N) is 3. The summed E-state index contributed by atoms with van der Waals surface area (Å²) in [5, 5.41) is 5.61. The van der Waals surface area contributed by atoms with E-state index in [4.69, 9.17) is 0 Å². The zero-order chi connectivity index (χ0) is 22.4. The molecule has 0 spiro atoms. The van der Waals surface area contributed by atoms with Gasteiger partial charge in [0.1, 0.15) is 11.6 Å². The van der Waals surface area contributed by atoms with Gasteiger partial charge in [-0.1, -0.05) is 18.2 Å². The Morgan fingerprint density at radius 2 is 2.03 bits per heavy atom. The molecule has 0 radical (unpaired) electrons. The third-order valence-corrected chi connectivity index (χ3v) is 6.48. The highest BCUT2D eigenvalue weighted by Gasteiger charge is 2.35. The van der Waals surface area contributed by atoms with Crippen molar-refractivity contribution in [2.24, 2.45) is 0 Å². The SMILES string of the molecule is C=CCN1C[C@H](C)N([C@H](c2ccc(C(=O)NCC(=O)OC)cc2)c2nccs2)C[C@H]1C. The van der Waals surface area contributed by atoms with Crippen LogP contribution in [-0.4, -0.2) is 72.0 Å². The Bertz CT molecular complexity index is 885. The number of esters is 1. The summed E-state index contributed by atoms with van der Waals surface area (Å²) >= 11 is 1.64. The first kappa shape index (κ1) is 23.1. The molecule has 8 heteroatoms. The smallest absolute Gasteiger partial charge is 0.325 e. The number of amides is 1. The molecular formula is C23H30N4O3S. The number of ether oxygens (including phenoxy) is 1. The number of aromatic nitrogens is 1. The summed E-state index contributed by atoms with van der Waals surface area (Å²) in [7, 11) is 1.29. The average Bonchev–Trinajstić information content (AvgIpc) is 3.30. The summed E-state index contributed by atoms with van der Waals surface area (Å²) in [6, 6.07) is 8.32. The maximum Gasteiger partial charge on any atom is 0.325 e. The van der Waals surface area contributed by atoms with Gasteiger partial charge in [0.05, 0.1) is 13.2 Å². The third-order valence-electron chi connectivity index (χ3n) is 5.65. The van der Waals surface area contributed by atoms with E-state index in [1.54, 1.807) is 23.5 Å². The molecule has 7 nitrogen and oxygen atoms in total. The number of carbonyl (C=O) groups is 2. The largest absolute Gasteiger partial charge is 0.468 e. The van der Waals surface area contributed by atoms with Crippen molar-refractivity contribution < 1.29 is 14.3 Å². The van der Waals surface area contributed by atoms with Crippen LogP contribution in [0.2, 0.25) is 0 Å². The standard InChI is InChI=1S/C23H30N4O3S/c1-5-11-26-14-17(3)27(15-16(26)2)21(23-24-10-12-31-23)18-6-8-19(9-7-18)22(29)25-13-20(28)30-4/h5-10,12,16-17,21H,1,11,13-15H2,2-4H3,(H,25,29)/t16-,17+,21-/m1/s1. The van der Waals surface area contributed by atoms with Crippen LogP contribution in [0.1, 0.15) is 40.8 Å². The highest BCUT2D eigenvalue weighted by atomic mass is 32.1. The Balaban J connectivity index is 1.81. The molecule has 1 saturated heterocycles. The lowest BCUT2D eigenvalue weighted by Crippen LogP contribution is -2.57. The van der Waals surface area contributed by atoms with Gasteiger partial charge in [0.15, 0.2) is 0 Å². The number of piperazine rings is 1. The highest BCUT2D eigenvalue weighted by molar-refractivity contribution is 7.09. The zero-order valence-corrected chi connectivity index (χ0v) is 19.1. The molecule has 1 aromatic carbocycles. The average molecular weight is 443 g/mol. The maximum absolute atomic E-state index is 12.3. The zero-order valence-electron chi connectivity index (χ0n) is 18.3. The molecule has 166 valence electrons. The van der Waals surface area contributed by atoms with Gasteiger partial charge in [0.2, 0.25) is 0 Å². The van der Waals surface area contributed by atoms with E-state index in [0.717, 1.165) is 30.2 Å². The van der Waals surface area contributed by atoms with Crippen molar-refractivity contribution in [3.63, 3.8) is 0 Å². The second kappa shape index (κ2) is 10.7. The van der Waals surface area contributed by atoms with Crippen LogP contribution in [0.5, 0.6) is 0 Å². The van der Waals surface area contributed by atoms with E-state index in [0.29, 0.717) is 17.6 Å². The van der Waals surface area contributed by atoms with Crippen molar-refractivity contribution in [1.82, 2.24) is 20.1 Å².